The Morgan fingerprint density at radius 2 is 1.53 bits per heavy atom. The summed E-state index contributed by atoms with van der Waals surface area (Å²) >= 11 is 0. The van der Waals surface area contributed by atoms with Crippen LogP contribution in [0.5, 0.6) is 11.5 Å². The molecular formula is C24H18N2O4. The van der Waals surface area contributed by atoms with Crippen LogP contribution in [-0.2, 0) is 14.3 Å². The summed E-state index contributed by atoms with van der Waals surface area (Å²) < 4.78 is 11.4. The molecule has 0 radical (unpaired) electrons. The summed E-state index contributed by atoms with van der Waals surface area (Å²) in [6.07, 6.45) is -1.05. The molecule has 3 aromatic carbocycles. The lowest BCUT2D eigenvalue weighted by Gasteiger charge is -2.27. The van der Waals surface area contributed by atoms with Crippen LogP contribution in [0.3, 0.4) is 0 Å². The third kappa shape index (κ3) is 3.61. The zero-order valence-corrected chi connectivity index (χ0v) is 16.2. The van der Waals surface area contributed by atoms with E-state index in [1.807, 2.05) is 42.5 Å². The van der Waals surface area contributed by atoms with Crippen molar-refractivity contribution >= 4 is 17.6 Å². The molecule has 1 heterocycles. The Kier molecular flexibility index (Phi) is 5.19. The van der Waals surface area contributed by atoms with Gasteiger partial charge in [0.15, 0.2) is 6.10 Å². The van der Waals surface area contributed by atoms with Crippen molar-refractivity contribution in [2.24, 2.45) is 0 Å². The summed E-state index contributed by atoms with van der Waals surface area (Å²) in [6.45, 7) is 1.50. The molecule has 0 aromatic heterocycles. The molecule has 1 aliphatic rings. The molecule has 1 amide bonds. The molecule has 1 aliphatic heterocycles. The Bertz CT molecular complexity index is 1120. The highest BCUT2D eigenvalue weighted by Gasteiger charge is 2.35. The Balaban J connectivity index is 1.55. The van der Waals surface area contributed by atoms with Gasteiger partial charge in [0, 0.05) is 11.1 Å². The lowest BCUT2D eigenvalue weighted by molar-refractivity contribution is -0.153. The summed E-state index contributed by atoms with van der Waals surface area (Å²) in [6, 6.07) is 23.2. The van der Waals surface area contributed by atoms with Crippen LogP contribution < -0.4 is 10.1 Å². The van der Waals surface area contributed by atoms with Crippen molar-refractivity contribution in [3.8, 4) is 17.6 Å². The largest absolute Gasteiger partial charge is 0.457 e. The Morgan fingerprint density at radius 1 is 0.967 bits per heavy atom. The molecule has 0 saturated carbocycles. The van der Waals surface area contributed by atoms with E-state index in [0.29, 0.717) is 33.9 Å². The lowest BCUT2D eigenvalue weighted by atomic mass is 9.88. The van der Waals surface area contributed by atoms with Crippen molar-refractivity contribution in [3.63, 3.8) is 0 Å². The van der Waals surface area contributed by atoms with Crippen LogP contribution in [0.4, 0.5) is 5.69 Å². The summed E-state index contributed by atoms with van der Waals surface area (Å²) in [5, 5.41) is 11.8. The van der Waals surface area contributed by atoms with Gasteiger partial charge in [0.1, 0.15) is 23.5 Å². The number of hydrogen-bond donors (Lipinski definition) is 1. The van der Waals surface area contributed by atoms with Crippen LogP contribution in [-0.4, -0.2) is 18.0 Å². The van der Waals surface area contributed by atoms with Gasteiger partial charge >= 0.3 is 5.97 Å². The smallest absolute Gasteiger partial charge is 0.318 e. The lowest BCUT2D eigenvalue weighted by Crippen LogP contribution is -2.33. The van der Waals surface area contributed by atoms with Crippen molar-refractivity contribution in [1.82, 2.24) is 0 Å². The summed E-state index contributed by atoms with van der Waals surface area (Å²) in [7, 11) is 0. The highest BCUT2D eigenvalue weighted by molar-refractivity contribution is 5.97. The molecule has 0 unspecified atom stereocenters. The van der Waals surface area contributed by atoms with E-state index in [2.05, 4.69) is 5.32 Å². The molecule has 0 bridgehead atoms. The number of benzene rings is 3. The number of carbonyl (C=O) groups excluding carboxylic acids is 2. The van der Waals surface area contributed by atoms with Crippen LogP contribution in [0.25, 0.3) is 0 Å². The first-order chi connectivity index (χ1) is 14.6. The van der Waals surface area contributed by atoms with Crippen molar-refractivity contribution in [1.29, 1.82) is 5.26 Å². The third-order valence-electron chi connectivity index (χ3n) is 4.88. The summed E-state index contributed by atoms with van der Waals surface area (Å²) in [5.41, 5.74) is 2.07. The molecule has 0 saturated heterocycles. The first kappa shape index (κ1) is 19.2. The number of anilines is 1. The average molecular weight is 398 g/mol. The maximum absolute atomic E-state index is 13.1. The number of fused-ring (bicyclic) bond motifs is 2. The fourth-order valence-electron chi connectivity index (χ4n) is 3.38. The second-order valence-corrected chi connectivity index (χ2v) is 6.84. The standard InChI is InChI=1S/C24H18N2O4/c1-15(23(27)26-19-11-5-2-8-16(19)14-25)29-24(28)22-17-9-3-6-12-20(17)30-21-13-7-4-10-18(21)22/h2-13,15,22H,1H3,(H,26,27)/t15-/m1/s1. The predicted molar refractivity (Wildman–Crippen MR) is 110 cm³/mol. The first-order valence-corrected chi connectivity index (χ1v) is 9.44. The summed E-state index contributed by atoms with van der Waals surface area (Å²) in [4.78, 5) is 25.7. The normalized spacial score (nSPS) is 13.1. The molecule has 30 heavy (non-hydrogen) atoms. The van der Waals surface area contributed by atoms with E-state index in [0.717, 1.165) is 0 Å². The Hall–Kier alpha value is -4.11. The van der Waals surface area contributed by atoms with Gasteiger partial charge in [0.2, 0.25) is 0 Å². The topological polar surface area (TPSA) is 88.4 Å². The SMILES string of the molecule is C[C@@H](OC(=O)C1c2ccccc2Oc2ccccc21)C(=O)Nc1ccccc1C#N. The van der Waals surface area contributed by atoms with Crippen LogP contribution in [0, 0.1) is 11.3 Å². The van der Waals surface area contributed by atoms with Gasteiger partial charge in [-0.05, 0) is 31.2 Å². The fourth-order valence-corrected chi connectivity index (χ4v) is 3.38. The number of hydrogen-bond acceptors (Lipinski definition) is 5. The van der Waals surface area contributed by atoms with E-state index in [9.17, 15) is 14.9 Å². The number of amides is 1. The molecule has 4 rings (SSSR count). The van der Waals surface area contributed by atoms with Gasteiger partial charge in [-0.25, -0.2) is 0 Å². The maximum atomic E-state index is 13.1. The molecule has 0 spiro atoms. The summed E-state index contributed by atoms with van der Waals surface area (Å²) in [5.74, 6) is -0.599. The van der Waals surface area contributed by atoms with Gasteiger partial charge in [-0.1, -0.05) is 48.5 Å². The van der Waals surface area contributed by atoms with Gasteiger partial charge in [-0.15, -0.1) is 0 Å². The second-order valence-electron chi connectivity index (χ2n) is 6.84. The molecule has 6 heteroatoms. The monoisotopic (exact) mass is 398 g/mol. The van der Waals surface area contributed by atoms with Crippen LogP contribution in [0.15, 0.2) is 72.8 Å². The molecule has 0 fully saturated rings. The minimum Gasteiger partial charge on any atom is -0.457 e. The van der Waals surface area contributed by atoms with Crippen molar-refractivity contribution in [3.05, 3.63) is 89.5 Å². The maximum Gasteiger partial charge on any atom is 0.318 e. The molecule has 1 N–H and O–H groups in total. The number of carbonyl (C=O) groups is 2. The molecule has 1 atom stereocenters. The third-order valence-corrected chi connectivity index (χ3v) is 4.88. The minimum absolute atomic E-state index is 0.330. The van der Waals surface area contributed by atoms with Gasteiger partial charge in [-0.2, -0.15) is 5.26 Å². The van der Waals surface area contributed by atoms with E-state index in [1.54, 1.807) is 36.4 Å². The quantitative estimate of drug-likeness (QED) is 0.660. The average Bonchev–Trinajstić information content (AvgIpc) is 2.77. The highest BCUT2D eigenvalue weighted by atomic mass is 16.5. The number of rotatable bonds is 4. The van der Waals surface area contributed by atoms with E-state index < -0.39 is 23.9 Å². The van der Waals surface area contributed by atoms with Gasteiger partial charge in [0.25, 0.3) is 5.91 Å². The number of nitrogens with one attached hydrogen (secondary N) is 1. The zero-order chi connectivity index (χ0) is 21.1. The number of esters is 1. The molecule has 148 valence electrons. The molecule has 3 aromatic rings. The van der Waals surface area contributed by atoms with Crippen molar-refractivity contribution < 1.29 is 19.1 Å². The highest BCUT2D eigenvalue weighted by Crippen LogP contribution is 2.44. The zero-order valence-electron chi connectivity index (χ0n) is 16.2. The van der Waals surface area contributed by atoms with Crippen LogP contribution in [0.2, 0.25) is 0 Å². The Morgan fingerprint density at radius 3 is 2.17 bits per heavy atom. The van der Waals surface area contributed by atoms with Gasteiger partial charge in [-0.3, -0.25) is 9.59 Å². The molecule has 6 nitrogen and oxygen atoms in total. The predicted octanol–water partition coefficient (Wildman–Crippen LogP) is 4.37. The molecular weight excluding hydrogens is 380 g/mol. The van der Waals surface area contributed by atoms with E-state index in [4.69, 9.17) is 9.47 Å². The van der Waals surface area contributed by atoms with Gasteiger partial charge in [0.05, 0.1) is 11.3 Å². The number of nitrogens with zero attached hydrogens (tertiary/aromatic N) is 1. The van der Waals surface area contributed by atoms with Crippen LogP contribution in [0.1, 0.15) is 29.5 Å². The number of ether oxygens (including phenoxy) is 2. The van der Waals surface area contributed by atoms with Gasteiger partial charge < -0.3 is 14.8 Å². The number of nitriles is 1. The van der Waals surface area contributed by atoms with Crippen molar-refractivity contribution in [2.45, 2.75) is 18.9 Å². The molecule has 0 aliphatic carbocycles. The Labute approximate surface area is 173 Å². The second kappa shape index (κ2) is 8.10. The van der Waals surface area contributed by atoms with Crippen LogP contribution >= 0.6 is 0 Å². The number of para-hydroxylation sites is 3. The minimum atomic E-state index is -1.05. The first-order valence-electron chi connectivity index (χ1n) is 9.44. The fraction of sp³-hybridized carbons (Fsp3) is 0.125. The van der Waals surface area contributed by atoms with E-state index >= 15 is 0 Å². The van der Waals surface area contributed by atoms with Crippen molar-refractivity contribution in [2.75, 3.05) is 5.32 Å². The van der Waals surface area contributed by atoms with E-state index in [1.165, 1.54) is 6.92 Å². The van der Waals surface area contributed by atoms with E-state index in [-0.39, 0.29) is 0 Å².